The molecule has 0 aromatic heterocycles. The van der Waals surface area contributed by atoms with E-state index >= 15 is 0 Å². The lowest BCUT2D eigenvalue weighted by atomic mass is 9.99. The SMILES string of the molecule is c1ccc(CO[SiH](C2CCCCC2)C2CCCCC2)cc1. The minimum Gasteiger partial charge on any atom is -0.415 e. The van der Waals surface area contributed by atoms with Crippen molar-refractivity contribution < 1.29 is 4.43 Å². The molecule has 0 bridgehead atoms. The van der Waals surface area contributed by atoms with Gasteiger partial charge in [-0.15, -0.1) is 0 Å². The Labute approximate surface area is 131 Å². The fraction of sp³-hybridized carbons (Fsp3) is 0.684. The molecular formula is C19H30OSi. The van der Waals surface area contributed by atoms with E-state index in [0.717, 1.165) is 17.7 Å². The average Bonchev–Trinajstić information content (AvgIpc) is 2.58. The van der Waals surface area contributed by atoms with Crippen LogP contribution < -0.4 is 0 Å². The van der Waals surface area contributed by atoms with Crippen LogP contribution in [0.4, 0.5) is 0 Å². The molecule has 0 saturated heterocycles. The van der Waals surface area contributed by atoms with Crippen molar-refractivity contribution >= 4 is 9.04 Å². The smallest absolute Gasteiger partial charge is 0.183 e. The summed E-state index contributed by atoms with van der Waals surface area (Å²) in [6.45, 7) is 0.866. The molecule has 0 unspecified atom stereocenters. The lowest BCUT2D eigenvalue weighted by Gasteiger charge is -2.36. The lowest BCUT2D eigenvalue weighted by Crippen LogP contribution is -2.33. The van der Waals surface area contributed by atoms with Gasteiger partial charge in [0.15, 0.2) is 9.04 Å². The molecule has 116 valence electrons. The first-order valence-electron chi connectivity index (χ1n) is 9.09. The topological polar surface area (TPSA) is 9.23 Å². The van der Waals surface area contributed by atoms with Crippen LogP contribution in [0, 0.1) is 0 Å². The molecule has 1 nitrogen and oxygen atoms in total. The molecule has 2 heteroatoms. The van der Waals surface area contributed by atoms with Crippen molar-refractivity contribution in [1.82, 2.24) is 0 Å². The van der Waals surface area contributed by atoms with Gasteiger partial charge in [0, 0.05) is 0 Å². The second kappa shape index (κ2) is 8.14. The van der Waals surface area contributed by atoms with Gasteiger partial charge in [0.1, 0.15) is 0 Å². The van der Waals surface area contributed by atoms with E-state index in [-0.39, 0.29) is 0 Å². The predicted octanol–water partition coefficient (Wildman–Crippen LogP) is 5.60. The summed E-state index contributed by atoms with van der Waals surface area (Å²) >= 11 is 0. The molecule has 0 aliphatic heterocycles. The zero-order valence-electron chi connectivity index (χ0n) is 13.3. The number of hydrogen-bond acceptors (Lipinski definition) is 1. The van der Waals surface area contributed by atoms with E-state index < -0.39 is 9.04 Å². The summed E-state index contributed by atoms with van der Waals surface area (Å²) in [5.74, 6) is 0. The summed E-state index contributed by atoms with van der Waals surface area (Å²) < 4.78 is 6.65. The van der Waals surface area contributed by atoms with Crippen LogP contribution in [0.1, 0.15) is 69.8 Å². The van der Waals surface area contributed by atoms with Crippen LogP contribution in [-0.2, 0) is 11.0 Å². The molecule has 21 heavy (non-hydrogen) atoms. The van der Waals surface area contributed by atoms with Gasteiger partial charge in [0.25, 0.3) is 0 Å². The van der Waals surface area contributed by atoms with Gasteiger partial charge in [-0.05, 0) is 16.6 Å². The third-order valence-corrected chi connectivity index (χ3v) is 9.26. The van der Waals surface area contributed by atoms with Crippen LogP contribution in [0.3, 0.4) is 0 Å². The highest BCUT2D eigenvalue weighted by Gasteiger charge is 2.34. The Morgan fingerprint density at radius 2 is 1.29 bits per heavy atom. The lowest BCUT2D eigenvalue weighted by molar-refractivity contribution is 0.271. The third kappa shape index (κ3) is 4.43. The molecule has 0 spiro atoms. The van der Waals surface area contributed by atoms with Crippen LogP contribution in [0.2, 0.25) is 11.1 Å². The van der Waals surface area contributed by atoms with Crippen LogP contribution >= 0.6 is 0 Å². The molecule has 2 aliphatic rings. The van der Waals surface area contributed by atoms with Gasteiger partial charge in [-0.2, -0.15) is 0 Å². The molecule has 0 radical (unpaired) electrons. The molecule has 3 rings (SSSR count). The summed E-state index contributed by atoms with van der Waals surface area (Å²) in [4.78, 5) is 0. The Hall–Kier alpha value is -0.603. The van der Waals surface area contributed by atoms with Crippen molar-refractivity contribution in [3.63, 3.8) is 0 Å². The monoisotopic (exact) mass is 302 g/mol. The standard InChI is InChI=1S/C19H30OSi/c1-4-10-17(11-5-1)16-20-21(18-12-6-2-7-13-18)19-14-8-3-9-15-19/h1,4-5,10-11,18-19,21H,2-3,6-9,12-16H2. The molecule has 2 fully saturated rings. The van der Waals surface area contributed by atoms with E-state index in [2.05, 4.69) is 30.3 Å². The Balaban J connectivity index is 1.62. The summed E-state index contributed by atoms with van der Waals surface area (Å²) in [6.07, 6.45) is 14.6. The van der Waals surface area contributed by atoms with Gasteiger partial charge in [-0.1, -0.05) is 94.5 Å². The molecule has 0 N–H and O–H groups in total. The van der Waals surface area contributed by atoms with E-state index in [1.807, 2.05) is 0 Å². The first kappa shape index (κ1) is 15.3. The van der Waals surface area contributed by atoms with E-state index in [9.17, 15) is 0 Å². The average molecular weight is 303 g/mol. The van der Waals surface area contributed by atoms with Crippen LogP contribution in [-0.4, -0.2) is 9.04 Å². The summed E-state index contributed by atoms with van der Waals surface area (Å²) in [5.41, 5.74) is 3.29. The van der Waals surface area contributed by atoms with E-state index in [4.69, 9.17) is 4.43 Å². The van der Waals surface area contributed by atoms with Gasteiger partial charge in [-0.3, -0.25) is 0 Å². The summed E-state index contributed by atoms with van der Waals surface area (Å²) in [5, 5.41) is 0. The first-order chi connectivity index (χ1) is 10.4. The van der Waals surface area contributed by atoms with E-state index in [1.54, 1.807) is 0 Å². The van der Waals surface area contributed by atoms with Gasteiger partial charge >= 0.3 is 0 Å². The van der Waals surface area contributed by atoms with Crippen molar-refractivity contribution in [2.45, 2.75) is 81.9 Å². The van der Waals surface area contributed by atoms with Gasteiger partial charge < -0.3 is 4.43 Å². The number of rotatable bonds is 5. The fourth-order valence-electron chi connectivity index (χ4n) is 4.35. The molecule has 0 heterocycles. The molecule has 1 aromatic carbocycles. The molecule has 0 amide bonds. The Kier molecular flexibility index (Phi) is 5.93. The van der Waals surface area contributed by atoms with Crippen molar-refractivity contribution in [2.24, 2.45) is 0 Å². The quantitative estimate of drug-likeness (QED) is 0.644. The van der Waals surface area contributed by atoms with E-state index in [0.29, 0.717) is 0 Å². The third-order valence-electron chi connectivity index (χ3n) is 5.51. The summed E-state index contributed by atoms with van der Waals surface area (Å²) in [6, 6.07) is 10.8. The van der Waals surface area contributed by atoms with Gasteiger partial charge in [-0.25, -0.2) is 0 Å². The maximum atomic E-state index is 6.65. The highest BCUT2D eigenvalue weighted by molar-refractivity contribution is 6.55. The molecule has 2 aliphatic carbocycles. The molecule has 1 aromatic rings. The fourth-order valence-corrected chi connectivity index (χ4v) is 8.31. The Morgan fingerprint density at radius 1 is 0.762 bits per heavy atom. The normalized spacial score (nSPS) is 21.8. The van der Waals surface area contributed by atoms with Crippen LogP contribution in [0.15, 0.2) is 30.3 Å². The molecule has 2 saturated carbocycles. The largest absolute Gasteiger partial charge is 0.415 e. The van der Waals surface area contributed by atoms with Crippen molar-refractivity contribution in [3.05, 3.63) is 35.9 Å². The van der Waals surface area contributed by atoms with Crippen molar-refractivity contribution in [3.8, 4) is 0 Å². The number of benzene rings is 1. The Morgan fingerprint density at radius 3 is 1.81 bits per heavy atom. The highest BCUT2D eigenvalue weighted by Crippen LogP contribution is 2.42. The number of hydrogen-bond donors (Lipinski definition) is 0. The predicted molar refractivity (Wildman–Crippen MR) is 92.1 cm³/mol. The van der Waals surface area contributed by atoms with E-state index in [1.165, 1.54) is 69.8 Å². The maximum absolute atomic E-state index is 6.65. The van der Waals surface area contributed by atoms with Gasteiger partial charge in [0.05, 0.1) is 6.61 Å². The maximum Gasteiger partial charge on any atom is 0.183 e. The Bertz CT molecular complexity index is 375. The van der Waals surface area contributed by atoms with Crippen molar-refractivity contribution in [1.29, 1.82) is 0 Å². The van der Waals surface area contributed by atoms with Crippen LogP contribution in [0.25, 0.3) is 0 Å². The van der Waals surface area contributed by atoms with Gasteiger partial charge in [0.2, 0.25) is 0 Å². The van der Waals surface area contributed by atoms with Crippen LogP contribution in [0.5, 0.6) is 0 Å². The summed E-state index contributed by atoms with van der Waals surface area (Å²) in [7, 11) is -1.07. The molecular weight excluding hydrogens is 272 g/mol. The second-order valence-corrected chi connectivity index (χ2v) is 10.2. The first-order valence-corrected chi connectivity index (χ1v) is 10.9. The van der Waals surface area contributed by atoms with Crippen molar-refractivity contribution in [2.75, 3.05) is 0 Å². The molecule has 0 atom stereocenters. The zero-order valence-corrected chi connectivity index (χ0v) is 14.5. The minimum atomic E-state index is -1.07. The second-order valence-electron chi connectivity index (χ2n) is 7.06. The minimum absolute atomic E-state index is 0.866. The highest BCUT2D eigenvalue weighted by atomic mass is 28.3. The zero-order chi connectivity index (χ0) is 14.3.